The highest BCUT2D eigenvalue weighted by molar-refractivity contribution is 14.0. The molecule has 0 unspecified atom stereocenters. The molecular formula is C23H32IN5O4. The van der Waals surface area contributed by atoms with E-state index in [1.54, 1.807) is 12.1 Å². The third-order valence-electron chi connectivity index (χ3n) is 5.02. The summed E-state index contributed by atoms with van der Waals surface area (Å²) in [5.74, 6) is 1.53. The van der Waals surface area contributed by atoms with E-state index in [4.69, 9.17) is 9.47 Å². The van der Waals surface area contributed by atoms with Crippen LogP contribution in [0.25, 0.3) is 0 Å². The van der Waals surface area contributed by atoms with Crippen LogP contribution in [0.3, 0.4) is 0 Å². The highest BCUT2D eigenvalue weighted by Crippen LogP contribution is 2.12. The number of nitrogens with one attached hydrogen (secondary N) is 2. The van der Waals surface area contributed by atoms with Crippen LogP contribution in [0.5, 0.6) is 5.75 Å². The molecule has 33 heavy (non-hydrogen) atoms. The van der Waals surface area contributed by atoms with E-state index >= 15 is 0 Å². The number of nitro groups is 1. The van der Waals surface area contributed by atoms with E-state index in [-0.39, 0.29) is 29.7 Å². The lowest BCUT2D eigenvalue weighted by Crippen LogP contribution is -2.41. The number of morpholine rings is 1. The Hall–Kier alpha value is -2.44. The molecule has 1 aliphatic heterocycles. The summed E-state index contributed by atoms with van der Waals surface area (Å²) in [5.41, 5.74) is 0.987. The monoisotopic (exact) mass is 569 g/mol. The van der Waals surface area contributed by atoms with Gasteiger partial charge in [0, 0.05) is 31.8 Å². The van der Waals surface area contributed by atoms with Crippen molar-refractivity contribution in [1.29, 1.82) is 0 Å². The third kappa shape index (κ3) is 10.4. The van der Waals surface area contributed by atoms with Gasteiger partial charge in [0.05, 0.1) is 31.2 Å². The average molecular weight is 569 g/mol. The number of nitrogens with zero attached hydrogens (tertiary/aromatic N) is 3. The van der Waals surface area contributed by atoms with Gasteiger partial charge in [0.1, 0.15) is 12.4 Å². The van der Waals surface area contributed by atoms with Crippen LogP contribution in [0.2, 0.25) is 0 Å². The smallest absolute Gasteiger partial charge is 0.269 e. The van der Waals surface area contributed by atoms with Crippen LogP contribution in [0.15, 0.2) is 59.6 Å². The van der Waals surface area contributed by atoms with Gasteiger partial charge in [-0.15, -0.1) is 24.0 Å². The van der Waals surface area contributed by atoms with Crippen molar-refractivity contribution >= 4 is 35.6 Å². The van der Waals surface area contributed by atoms with Gasteiger partial charge in [0.25, 0.3) is 5.69 Å². The molecule has 10 heteroatoms. The molecule has 0 spiro atoms. The molecule has 2 aromatic carbocycles. The fourth-order valence-corrected chi connectivity index (χ4v) is 3.26. The van der Waals surface area contributed by atoms with E-state index < -0.39 is 4.92 Å². The summed E-state index contributed by atoms with van der Waals surface area (Å²) < 4.78 is 11.1. The molecule has 1 saturated heterocycles. The summed E-state index contributed by atoms with van der Waals surface area (Å²) in [4.78, 5) is 17.5. The standard InChI is InChI=1S/C23H31N5O4.HI/c29-28(30)21-9-7-20(8-10-21)19-26-23(24-11-4-13-27-14-17-31-18-15-27)25-12-16-32-22-5-2-1-3-6-22;/h1-3,5-10H,4,11-19H2,(H2,24,25,26);1H. The van der Waals surface area contributed by atoms with Gasteiger partial charge in [-0.1, -0.05) is 30.3 Å². The number of rotatable bonds is 11. The molecule has 0 radical (unpaired) electrons. The normalized spacial score (nSPS) is 14.2. The Morgan fingerprint density at radius 3 is 2.45 bits per heavy atom. The molecule has 0 aliphatic carbocycles. The van der Waals surface area contributed by atoms with Crippen LogP contribution in [-0.4, -0.2) is 68.3 Å². The van der Waals surface area contributed by atoms with Crippen molar-refractivity contribution in [2.24, 2.45) is 4.99 Å². The van der Waals surface area contributed by atoms with Crippen molar-refractivity contribution in [2.75, 3.05) is 52.5 Å². The molecule has 2 aromatic rings. The minimum absolute atomic E-state index is 0. The number of para-hydroxylation sites is 1. The van der Waals surface area contributed by atoms with Crippen molar-refractivity contribution in [3.63, 3.8) is 0 Å². The minimum atomic E-state index is -0.400. The molecule has 2 N–H and O–H groups in total. The predicted octanol–water partition coefficient (Wildman–Crippen LogP) is 3.05. The molecule has 1 aliphatic rings. The van der Waals surface area contributed by atoms with Crippen LogP contribution >= 0.6 is 24.0 Å². The summed E-state index contributed by atoms with van der Waals surface area (Å²) in [5, 5.41) is 17.5. The Kier molecular flexibility index (Phi) is 12.5. The Morgan fingerprint density at radius 1 is 1.06 bits per heavy atom. The third-order valence-corrected chi connectivity index (χ3v) is 5.02. The molecule has 180 valence electrons. The summed E-state index contributed by atoms with van der Waals surface area (Å²) >= 11 is 0. The highest BCUT2D eigenvalue weighted by atomic mass is 127. The first-order chi connectivity index (χ1) is 15.7. The molecule has 1 fully saturated rings. The van der Waals surface area contributed by atoms with E-state index in [1.165, 1.54) is 12.1 Å². The Balaban J connectivity index is 0.00000385. The molecule has 0 amide bonds. The number of benzene rings is 2. The van der Waals surface area contributed by atoms with Gasteiger partial charge in [0.2, 0.25) is 0 Å². The molecule has 0 aromatic heterocycles. The molecule has 9 nitrogen and oxygen atoms in total. The molecular weight excluding hydrogens is 537 g/mol. The van der Waals surface area contributed by atoms with Crippen LogP contribution in [0.4, 0.5) is 5.69 Å². The Labute approximate surface area is 211 Å². The van der Waals surface area contributed by atoms with Gasteiger partial charge in [-0.05, 0) is 30.7 Å². The fourth-order valence-electron chi connectivity index (χ4n) is 3.26. The van der Waals surface area contributed by atoms with Crippen molar-refractivity contribution in [3.8, 4) is 5.75 Å². The first-order valence-corrected chi connectivity index (χ1v) is 10.9. The lowest BCUT2D eigenvalue weighted by Gasteiger charge is -2.26. The van der Waals surface area contributed by atoms with Gasteiger partial charge in [-0.2, -0.15) is 0 Å². The van der Waals surface area contributed by atoms with Crippen LogP contribution in [-0.2, 0) is 11.3 Å². The zero-order chi connectivity index (χ0) is 22.4. The van der Waals surface area contributed by atoms with Crippen LogP contribution < -0.4 is 15.4 Å². The summed E-state index contributed by atoms with van der Waals surface area (Å²) in [6.07, 6.45) is 0.999. The lowest BCUT2D eigenvalue weighted by atomic mass is 10.2. The summed E-state index contributed by atoms with van der Waals surface area (Å²) in [7, 11) is 0. The molecule has 0 saturated carbocycles. The molecule has 3 rings (SSSR count). The van der Waals surface area contributed by atoms with Gasteiger partial charge in [0.15, 0.2) is 5.96 Å². The number of hydrogen-bond donors (Lipinski definition) is 2. The van der Waals surface area contributed by atoms with Crippen molar-refractivity contribution in [3.05, 3.63) is 70.3 Å². The van der Waals surface area contributed by atoms with E-state index in [0.29, 0.717) is 25.7 Å². The second kappa shape index (κ2) is 15.4. The zero-order valence-corrected chi connectivity index (χ0v) is 21.0. The second-order valence-electron chi connectivity index (χ2n) is 7.41. The number of non-ortho nitro benzene ring substituents is 1. The van der Waals surface area contributed by atoms with Crippen molar-refractivity contribution < 1.29 is 14.4 Å². The van der Waals surface area contributed by atoms with Gasteiger partial charge < -0.3 is 20.1 Å². The number of nitro benzene ring substituents is 1. The van der Waals surface area contributed by atoms with E-state index in [9.17, 15) is 10.1 Å². The lowest BCUT2D eigenvalue weighted by molar-refractivity contribution is -0.384. The summed E-state index contributed by atoms with van der Waals surface area (Å²) in [6.45, 7) is 6.92. The SMILES string of the molecule is I.O=[N+]([O-])c1ccc(CN=C(NCCCN2CCOCC2)NCCOc2ccccc2)cc1. The Bertz CT molecular complexity index is 846. The largest absolute Gasteiger partial charge is 0.492 e. The number of guanidine groups is 1. The first kappa shape index (κ1) is 26.8. The fraction of sp³-hybridized carbons (Fsp3) is 0.435. The van der Waals surface area contributed by atoms with E-state index in [0.717, 1.165) is 57.1 Å². The maximum Gasteiger partial charge on any atom is 0.269 e. The van der Waals surface area contributed by atoms with Crippen molar-refractivity contribution in [1.82, 2.24) is 15.5 Å². The molecule has 0 atom stereocenters. The highest BCUT2D eigenvalue weighted by Gasteiger charge is 2.09. The number of ether oxygens (including phenoxy) is 2. The quantitative estimate of drug-likeness (QED) is 0.107. The molecule has 1 heterocycles. The maximum absolute atomic E-state index is 10.8. The van der Waals surface area contributed by atoms with Crippen LogP contribution in [0, 0.1) is 10.1 Å². The summed E-state index contributed by atoms with van der Waals surface area (Å²) in [6, 6.07) is 16.1. The second-order valence-corrected chi connectivity index (χ2v) is 7.41. The van der Waals surface area contributed by atoms with Crippen LogP contribution in [0.1, 0.15) is 12.0 Å². The van der Waals surface area contributed by atoms with Gasteiger partial charge >= 0.3 is 0 Å². The number of aliphatic imine (C=N–C) groups is 1. The van der Waals surface area contributed by atoms with Gasteiger partial charge in [-0.3, -0.25) is 15.0 Å². The zero-order valence-electron chi connectivity index (χ0n) is 18.7. The maximum atomic E-state index is 10.8. The Morgan fingerprint density at radius 2 is 1.76 bits per heavy atom. The first-order valence-electron chi connectivity index (χ1n) is 10.9. The average Bonchev–Trinajstić information content (AvgIpc) is 2.84. The van der Waals surface area contributed by atoms with Gasteiger partial charge in [-0.25, -0.2) is 4.99 Å². The van der Waals surface area contributed by atoms with E-state index in [1.807, 2.05) is 30.3 Å². The van der Waals surface area contributed by atoms with Crippen molar-refractivity contribution in [2.45, 2.75) is 13.0 Å². The predicted molar refractivity (Wildman–Crippen MR) is 139 cm³/mol. The number of hydrogen-bond acceptors (Lipinski definition) is 6. The van der Waals surface area contributed by atoms with E-state index in [2.05, 4.69) is 20.5 Å². The number of halogens is 1. The minimum Gasteiger partial charge on any atom is -0.492 e. The topological polar surface area (TPSA) is 101 Å². The molecule has 0 bridgehead atoms.